The van der Waals surface area contributed by atoms with Gasteiger partial charge in [-0.15, -0.1) is 0 Å². The average molecular weight is 404 g/mol. The minimum absolute atomic E-state index is 0.0605. The number of pyridine rings is 1. The molecule has 154 valence electrons. The molecule has 10 heteroatoms. The number of alkyl halides is 3. The Kier molecular flexibility index (Phi) is 7.45. The first kappa shape index (κ1) is 23.3. The summed E-state index contributed by atoms with van der Waals surface area (Å²) < 4.78 is 58.4. The zero-order chi connectivity index (χ0) is 21.7. The van der Waals surface area contributed by atoms with E-state index in [-0.39, 0.29) is 22.6 Å². The fourth-order valence-corrected chi connectivity index (χ4v) is 2.34. The van der Waals surface area contributed by atoms with Crippen LogP contribution in [0, 0.1) is 22.9 Å². The lowest BCUT2D eigenvalue weighted by molar-refractivity contribution is -0.519. The third-order valence-corrected chi connectivity index (χ3v) is 3.76. The second-order valence-electron chi connectivity index (χ2n) is 5.56. The molecule has 1 atom stereocenters. The lowest BCUT2D eigenvalue weighted by Crippen LogP contribution is -2.48. The van der Waals surface area contributed by atoms with Crippen molar-refractivity contribution in [3.63, 3.8) is 0 Å². The zero-order valence-electron chi connectivity index (χ0n) is 15.7. The number of nitrogens with zero attached hydrogens (tertiary/aromatic N) is 2. The maximum Gasteiger partial charge on any atom is 0.429 e. The Balaban J connectivity index is 0.00000190. The number of aliphatic hydroxyl groups is 1. The number of ether oxygens (including phenoxy) is 1. The van der Waals surface area contributed by atoms with Crippen LogP contribution in [0.2, 0.25) is 0 Å². The van der Waals surface area contributed by atoms with E-state index in [2.05, 4.69) is 4.98 Å². The third kappa shape index (κ3) is 4.75. The number of halogens is 4. The number of methoxy groups -OCH3 is 1. The molecule has 0 bridgehead atoms. The van der Waals surface area contributed by atoms with Gasteiger partial charge in [0.2, 0.25) is 6.54 Å². The molecule has 1 aromatic carbocycles. The van der Waals surface area contributed by atoms with Crippen molar-refractivity contribution in [1.29, 1.82) is 0 Å². The molecular weight excluding hydrogens is 384 g/mol. The largest absolute Gasteiger partial charge is 0.494 e. The maximum absolute atomic E-state index is 13.4. The summed E-state index contributed by atoms with van der Waals surface area (Å²) in [5.74, 6) is -0.464. The second kappa shape index (κ2) is 8.96. The number of aromatic nitrogens is 1. The summed E-state index contributed by atoms with van der Waals surface area (Å²) in [4.78, 5) is 13.1. The van der Waals surface area contributed by atoms with Crippen molar-refractivity contribution in [3.8, 4) is 17.0 Å². The predicted octanol–water partition coefficient (Wildman–Crippen LogP) is 4.26. The van der Waals surface area contributed by atoms with Crippen LogP contribution in [0.25, 0.3) is 11.3 Å². The summed E-state index contributed by atoms with van der Waals surface area (Å²) in [7, 11) is 1.25. The van der Waals surface area contributed by atoms with Crippen LogP contribution in [-0.4, -0.2) is 34.8 Å². The summed E-state index contributed by atoms with van der Waals surface area (Å²) in [6.07, 6.45) is -5.34. The molecule has 0 aliphatic carbocycles. The summed E-state index contributed by atoms with van der Waals surface area (Å²) in [5.41, 5.74) is -4.41. The van der Waals surface area contributed by atoms with Gasteiger partial charge in [-0.2, -0.15) is 13.2 Å². The molecule has 0 saturated heterocycles. The third-order valence-electron chi connectivity index (χ3n) is 3.76. The van der Waals surface area contributed by atoms with Crippen LogP contribution in [0.4, 0.5) is 17.6 Å². The maximum atomic E-state index is 13.4. The van der Waals surface area contributed by atoms with Crippen molar-refractivity contribution in [1.82, 2.24) is 4.98 Å². The van der Waals surface area contributed by atoms with E-state index >= 15 is 0 Å². The first-order valence-electron chi connectivity index (χ1n) is 8.22. The summed E-state index contributed by atoms with van der Waals surface area (Å²) in [5, 5.41) is 20.6. The number of nitro groups is 1. The Morgan fingerprint density at radius 3 is 2.29 bits per heavy atom. The fourth-order valence-electron chi connectivity index (χ4n) is 2.34. The van der Waals surface area contributed by atoms with E-state index in [4.69, 9.17) is 4.74 Å². The van der Waals surface area contributed by atoms with E-state index < -0.39 is 34.8 Å². The molecule has 1 N–H and O–H groups in total. The normalized spacial score (nSPS) is 13.2. The van der Waals surface area contributed by atoms with Gasteiger partial charge in [-0.25, -0.2) is 9.37 Å². The van der Waals surface area contributed by atoms with Crippen LogP contribution in [0.15, 0.2) is 30.3 Å². The molecular formula is C18H20F4N2O4. The van der Waals surface area contributed by atoms with Gasteiger partial charge in [0.15, 0.2) is 0 Å². The monoisotopic (exact) mass is 404 g/mol. The van der Waals surface area contributed by atoms with Gasteiger partial charge in [-0.1, -0.05) is 13.8 Å². The van der Waals surface area contributed by atoms with Crippen molar-refractivity contribution in [3.05, 3.63) is 57.5 Å². The van der Waals surface area contributed by atoms with Crippen LogP contribution in [0.5, 0.6) is 5.75 Å². The second-order valence-corrected chi connectivity index (χ2v) is 5.56. The van der Waals surface area contributed by atoms with Crippen molar-refractivity contribution in [2.24, 2.45) is 0 Å². The highest BCUT2D eigenvalue weighted by Crippen LogP contribution is 2.40. The number of benzene rings is 1. The van der Waals surface area contributed by atoms with Gasteiger partial charge in [0.25, 0.3) is 5.60 Å². The van der Waals surface area contributed by atoms with Gasteiger partial charge in [-0.05, 0) is 42.8 Å². The highest BCUT2D eigenvalue weighted by atomic mass is 19.4. The number of hydrogen-bond acceptors (Lipinski definition) is 5. The minimum atomic E-state index is -5.34. The molecule has 0 spiro atoms. The molecule has 0 fully saturated rings. The number of aryl methyl sites for hydroxylation is 1. The van der Waals surface area contributed by atoms with Crippen LogP contribution < -0.4 is 4.74 Å². The van der Waals surface area contributed by atoms with Crippen molar-refractivity contribution in [2.45, 2.75) is 32.5 Å². The lowest BCUT2D eigenvalue weighted by Gasteiger charge is -2.26. The van der Waals surface area contributed by atoms with Crippen molar-refractivity contribution < 1.29 is 32.3 Å². The topological polar surface area (TPSA) is 85.5 Å². The fraction of sp³-hybridized carbons (Fsp3) is 0.389. The van der Waals surface area contributed by atoms with E-state index in [1.165, 1.54) is 26.2 Å². The van der Waals surface area contributed by atoms with Crippen LogP contribution in [-0.2, 0) is 5.60 Å². The van der Waals surface area contributed by atoms with Crippen LogP contribution in [0.1, 0.15) is 25.1 Å². The smallest absolute Gasteiger partial charge is 0.429 e. The Hall–Kier alpha value is -2.75. The van der Waals surface area contributed by atoms with Gasteiger partial charge >= 0.3 is 6.18 Å². The molecule has 1 aromatic heterocycles. The Morgan fingerprint density at radius 1 is 1.21 bits per heavy atom. The Labute approximate surface area is 158 Å². The van der Waals surface area contributed by atoms with E-state index in [1.54, 1.807) is 0 Å². The first-order chi connectivity index (χ1) is 13.0. The first-order valence-corrected chi connectivity index (χ1v) is 8.22. The van der Waals surface area contributed by atoms with Crippen molar-refractivity contribution in [2.75, 3.05) is 13.7 Å². The standard InChI is InChI=1S/C16H14F4N2O4.C2H6/c1-9-7-10(3-4-11(9)17)14-12(26-2)5-6-13(21-14)15(23,8-22(24)25)16(18,19)20;1-2/h3-7,23H,8H2,1-2H3;1-2H3. The highest BCUT2D eigenvalue weighted by Gasteiger charge is 2.60. The van der Waals surface area contributed by atoms with E-state index in [9.17, 15) is 32.8 Å². The Morgan fingerprint density at radius 2 is 1.82 bits per heavy atom. The molecule has 0 amide bonds. The van der Waals surface area contributed by atoms with Crippen molar-refractivity contribution >= 4 is 0 Å². The highest BCUT2D eigenvalue weighted by molar-refractivity contribution is 5.67. The van der Waals surface area contributed by atoms with Crippen LogP contribution >= 0.6 is 0 Å². The van der Waals surface area contributed by atoms with Gasteiger partial charge < -0.3 is 9.84 Å². The van der Waals surface area contributed by atoms with E-state index in [0.717, 1.165) is 18.2 Å². The van der Waals surface area contributed by atoms with E-state index in [0.29, 0.717) is 0 Å². The molecule has 28 heavy (non-hydrogen) atoms. The molecule has 2 aromatic rings. The van der Waals surface area contributed by atoms with Gasteiger partial charge in [0.1, 0.15) is 17.3 Å². The predicted molar refractivity (Wildman–Crippen MR) is 94.1 cm³/mol. The molecule has 2 rings (SSSR count). The van der Waals surface area contributed by atoms with Gasteiger partial charge in [-0.3, -0.25) is 10.1 Å². The summed E-state index contributed by atoms with van der Waals surface area (Å²) >= 11 is 0. The lowest BCUT2D eigenvalue weighted by atomic mass is 9.97. The Bertz CT molecular complexity index is 843. The zero-order valence-corrected chi connectivity index (χ0v) is 15.7. The molecule has 0 radical (unpaired) electrons. The molecule has 6 nitrogen and oxygen atoms in total. The summed E-state index contributed by atoms with van der Waals surface area (Å²) in [6, 6.07) is 5.62. The van der Waals surface area contributed by atoms with E-state index in [1.807, 2.05) is 13.8 Å². The molecule has 1 unspecified atom stereocenters. The van der Waals surface area contributed by atoms with Gasteiger partial charge in [0.05, 0.1) is 12.8 Å². The molecule has 0 aliphatic rings. The minimum Gasteiger partial charge on any atom is -0.494 e. The molecule has 0 saturated carbocycles. The number of hydrogen-bond donors (Lipinski definition) is 1. The quantitative estimate of drug-likeness (QED) is 0.457. The number of rotatable bonds is 5. The molecule has 1 heterocycles. The average Bonchev–Trinajstić information content (AvgIpc) is 2.63. The molecule has 0 aliphatic heterocycles. The van der Waals surface area contributed by atoms with Gasteiger partial charge in [0, 0.05) is 10.5 Å². The SMILES string of the molecule is CC.COc1ccc(C(O)(C[N+](=O)[O-])C(F)(F)F)nc1-c1ccc(F)c(C)c1. The van der Waals surface area contributed by atoms with Crippen LogP contribution in [0.3, 0.4) is 0 Å². The summed E-state index contributed by atoms with van der Waals surface area (Å²) in [6.45, 7) is 3.64.